The number of ether oxygens (including phenoxy) is 1. The molecule has 0 amide bonds. The van der Waals surface area contributed by atoms with Gasteiger partial charge in [-0.15, -0.1) is 0 Å². The van der Waals surface area contributed by atoms with E-state index in [4.69, 9.17) is 4.74 Å². The highest BCUT2D eigenvalue weighted by molar-refractivity contribution is 5.40. The standard InChI is InChI=1S/C28H31NO2/c1-4-11-25-21(2)12-10-15-24(25)18-22(3)29-19-27(30)26-16-8-9-17-28(26)31-20-23-13-6-5-7-14-23/h4-17,22,27,29-30H,1-2,18-20H2,3H3/b25-11+. The smallest absolute Gasteiger partial charge is 0.125 e. The number of para-hydroxylation sites is 1. The molecule has 3 heteroatoms. The highest BCUT2D eigenvalue weighted by Gasteiger charge is 2.15. The first-order valence-electron chi connectivity index (χ1n) is 10.6. The van der Waals surface area contributed by atoms with Crippen LogP contribution in [0.4, 0.5) is 0 Å². The number of hydrogen-bond acceptors (Lipinski definition) is 3. The van der Waals surface area contributed by atoms with E-state index in [1.165, 1.54) is 5.56 Å². The molecular formula is C28H31NO2. The normalized spacial score (nSPS) is 13.5. The molecule has 0 aliphatic carbocycles. The molecule has 160 valence electrons. The molecule has 2 atom stereocenters. The van der Waals surface area contributed by atoms with Crippen molar-refractivity contribution in [3.05, 3.63) is 113 Å². The molecule has 3 nitrogen and oxygen atoms in total. The van der Waals surface area contributed by atoms with Crippen LogP contribution in [0.2, 0.25) is 0 Å². The molecule has 0 radical (unpaired) electrons. The van der Waals surface area contributed by atoms with Crippen LogP contribution in [0.1, 0.15) is 29.7 Å². The Balaban J connectivity index is 1.62. The quantitative estimate of drug-likeness (QED) is 0.530. The third kappa shape index (κ3) is 6.42. The molecule has 0 heterocycles. The van der Waals surface area contributed by atoms with Crippen LogP contribution < -0.4 is 20.5 Å². The molecule has 0 aromatic heterocycles. The third-order valence-corrected chi connectivity index (χ3v) is 5.27. The van der Waals surface area contributed by atoms with Gasteiger partial charge in [-0.3, -0.25) is 0 Å². The van der Waals surface area contributed by atoms with E-state index < -0.39 is 6.10 Å². The van der Waals surface area contributed by atoms with Crippen molar-refractivity contribution in [1.82, 2.24) is 5.32 Å². The molecule has 0 aliphatic heterocycles. The fourth-order valence-corrected chi connectivity index (χ4v) is 3.62. The summed E-state index contributed by atoms with van der Waals surface area (Å²) in [6.07, 6.45) is 3.97. The first kappa shape index (κ1) is 22.5. The largest absolute Gasteiger partial charge is 0.489 e. The Hall–Kier alpha value is -3.14. The molecule has 2 N–H and O–H groups in total. The van der Waals surface area contributed by atoms with E-state index in [-0.39, 0.29) is 6.04 Å². The molecule has 0 aliphatic rings. The molecule has 0 spiro atoms. The molecule has 3 rings (SSSR count). The number of rotatable bonds is 10. The summed E-state index contributed by atoms with van der Waals surface area (Å²) in [6, 6.07) is 24.0. The van der Waals surface area contributed by atoms with Gasteiger partial charge >= 0.3 is 0 Å². The monoisotopic (exact) mass is 413 g/mol. The Kier molecular flexibility index (Phi) is 8.22. The summed E-state index contributed by atoms with van der Waals surface area (Å²) in [5.41, 5.74) is 3.10. The lowest BCUT2D eigenvalue weighted by atomic mass is 10.0. The van der Waals surface area contributed by atoms with Crippen LogP contribution in [0.5, 0.6) is 5.75 Å². The van der Waals surface area contributed by atoms with Crippen LogP contribution in [0.15, 0.2) is 85.5 Å². The molecule has 0 bridgehead atoms. The lowest BCUT2D eigenvalue weighted by Gasteiger charge is -2.20. The highest BCUT2D eigenvalue weighted by atomic mass is 16.5. The van der Waals surface area contributed by atoms with E-state index in [2.05, 4.69) is 31.5 Å². The minimum absolute atomic E-state index is 0.186. The summed E-state index contributed by atoms with van der Waals surface area (Å²) in [7, 11) is 0. The SMILES string of the molecule is C=C/C=c1/c(CC(C)NCC(O)c2ccccc2OCc2ccccc2)cccc1=C. The summed E-state index contributed by atoms with van der Waals surface area (Å²) in [5, 5.41) is 16.4. The lowest BCUT2D eigenvalue weighted by Crippen LogP contribution is -2.35. The minimum atomic E-state index is -0.659. The second-order valence-electron chi connectivity index (χ2n) is 7.73. The predicted octanol–water partition coefficient (Wildman–Crippen LogP) is 3.90. The van der Waals surface area contributed by atoms with Gasteiger partial charge in [-0.2, -0.15) is 0 Å². The van der Waals surface area contributed by atoms with E-state index in [1.807, 2.05) is 72.8 Å². The zero-order valence-corrected chi connectivity index (χ0v) is 18.1. The minimum Gasteiger partial charge on any atom is -0.489 e. The number of nitrogens with one attached hydrogen (secondary N) is 1. The van der Waals surface area contributed by atoms with E-state index in [0.717, 1.165) is 28.0 Å². The number of benzene rings is 3. The first-order valence-corrected chi connectivity index (χ1v) is 10.6. The van der Waals surface area contributed by atoms with Crippen LogP contribution in [0, 0.1) is 0 Å². The Morgan fingerprint density at radius 1 is 1.00 bits per heavy atom. The fourth-order valence-electron chi connectivity index (χ4n) is 3.62. The second-order valence-corrected chi connectivity index (χ2v) is 7.73. The molecule has 2 unspecified atom stereocenters. The summed E-state index contributed by atoms with van der Waals surface area (Å²) >= 11 is 0. The first-order chi connectivity index (χ1) is 15.1. The molecule has 0 fully saturated rings. The Morgan fingerprint density at radius 2 is 1.74 bits per heavy atom. The summed E-state index contributed by atoms with van der Waals surface area (Å²) in [5.74, 6) is 0.709. The van der Waals surface area contributed by atoms with Gasteiger partial charge in [0.2, 0.25) is 0 Å². The maximum Gasteiger partial charge on any atom is 0.125 e. The topological polar surface area (TPSA) is 41.5 Å². The van der Waals surface area contributed by atoms with Gasteiger partial charge in [0.15, 0.2) is 0 Å². The van der Waals surface area contributed by atoms with Gasteiger partial charge in [0, 0.05) is 18.2 Å². The van der Waals surface area contributed by atoms with Crippen molar-refractivity contribution in [2.45, 2.75) is 32.1 Å². The van der Waals surface area contributed by atoms with Crippen LogP contribution in [0.3, 0.4) is 0 Å². The average Bonchev–Trinajstić information content (AvgIpc) is 2.79. The Bertz CT molecular complexity index is 1090. The molecule has 31 heavy (non-hydrogen) atoms. The van der Waals surface area contributed by atoms with Crippen LogP contribution >= 0.6 is 0 Å². The van der Waals surface area contributed by atoms with Crippen molar-refractivity contribution in [3.8, 4) is 5.75 Å². The maximum atomic E-state index is 10.8. The molecular weight excluding hydrogens is 382 g/mol. The number of aliphatic hydroxyl groups is 1. The van der Waals surface area contributed by atoms with Crippen molar-refractivity contribution in [3.63, 3.8) is 0 Å². The van der Waals surface area contributed by atoms with Gasteiger partial charge in [-0.25, -0.2) is 0 Å². The molecule has 0 saturated carbocycles. The van der Waals surface area contributed by atoms with Gasteiger partial charge in [-0.1, -0.05) is 92.0 Å². The van der Waals surface area contributed by atoms with E-state index >= 15 is 0 Å². The lowest BCUT2D eigenvalue weighted by molar-refractivity contribution is 0.163. The summed E-state index contributed by atoms with van der Waals surface area (Å²) in [6.45, 7) is 11.0. The second kappa shape index (κ2) is 11.3. The van der Waals surface area contributed by atoms with Crippen molar-refractivity contribution >= 4 is 12.7 Å². The average molecular weight is 414 g/mol. The molecule has 0 saturated heterocycles. The fraction of sp³-hybridized carbons (Fsp3) is 0.214. The molecule has 3 aromatic carbocycles. The summed E-state index contributed by atoms with van der Waals surface area (Å²) in [4.78, 5) is 0. The highest BCUT2D eigenvalue weighted by Crippen LogP contribution is 2.25. The van der Waals surface area contributed by atoms with Crippen LogP contribution in [-0.2, 0) is 13.0 Å². The Morgan fingerprint density at radius 3 is 2.52 bits per heavy atom. The number of hydrogen-bond donors (Lipinski definition) is 2. The van der Waals surface area contributed by atoms with Crippen molar-refractivity contribution in [2.75, 3.05) is 6.54 Å². The van der Waals surface area contributed by atoms with Crippen molar-refractivity contribution in [1.29, 1.82) is 0 Å². The van der Waals surface area contributed by atoms with Crippen molar-refractivity contribution < 1.29 is 9.84 Å². The maximum absolute atomic E-state index is 10.8. The zero-order chi connectivity index (χ0) is 22.1. The molecule has 3 aromatic rings. The van der Waals surface area contributed by atoms with E-state index in [0.29, 0.717) is 18.9 Å². The number of aliphatic hydroxyl groups excluding tert-OH is 1. The Labute approximate surface area is 185 Å². The zero-order valence-electron chi connectivity index (χ0n) is 18.1. The van der Waals surface area contributed by atoms with Gasteiger partial charge in [-0.05, 0) is 41.0 Å². The van der Waals surface area contributed by atoms with Gasteiger partial charge in [0.25, 0.3) is 0 Å². The predicted molar refractivity (Wildman–Crippen MR) is 129 cm³/mol. The van der Waals surface area contributed by atoms with Crippen molar-refractivity contribution in [2.24, 2.45) is 0 Å². The van der Waals surface area contributed by atoms with Crippen LogP contribution in [-0.4, -0.2) is 17.7 Å². The summed E-state index contributed by atoms with van der Waals surface area (Å²) < 4.78 is 5.99. The van der Waals surface area contributed by atoms with Gasteiger partial charge in [0.1, 0.15) is 12.4 Å². The van der Waals surface area contributed by atoms with Gasteiger partial charge in [0.05, 0.1) is 6.10 Å². The number of allylic oxidation sites excluding steroid dienone is 1. The van der Waals surface area contributed by atoms with E-state index in [9.17, 15) is 5.11 Å². The van der Waals surface area contributed by atoms with Crippen LogP contribution in [0.25, 0.3) is 12.7 Å². The third-order valence-electron chi connectivity index (χ3n) is 5.27. The van der Waals surface area contributed by atoms with Gasteiger partial charge < -0.3 is 15.2 Å². The van der Waals surface area contributed by atoms with E-state index in [1.54, 1.807) is 6.08 Å².